The van der Waals surface area contributed by atoms with Gasteiger partial charge in [-0.1, -0.05) is 37.6 Å². The number of imide groups is 1. The molecule has 4 nitrogen and oxygen atoms in total. The summed E-state index contributed by atoms with van der Waals surface area (Å²) in [4.78, 5) is 25.7. The number of ether oxygens (including phenoxy) is 1. The maximum Gasteiger partial charge on any atom is 0.277 e. The van der Waals surface area contributed by atoms with Crippen LogP contribution in [0.4, 0.5) is 14.5 Å². The molecule has 1 aliphatic heterocycles. The van der Waals surface area contributed by atoms with Crippen molar-refractivity contribution in [2.45, 2.75) is 13.8 Å². The van der Waals surface area contributed by atoms with Crippen molar-refractivity contribution in [2.75, 3.05) is 11.5 Å². The standard InChI is InChI=1S/C20H16ClF2NO3/c1-11(2)10-27-14-6-3-12(4-7-14)17-18(21)20(26)24(19(17)25)16-9-13(22)5-8-15(16)23/h3-9,11H,10H2,1-2H3. The molecule has 2 aromatic rings. The third kappa shape index (κ3) is 3.71. The van der Waals surface area contributed by atoms with Crippen molar-refractivity contribution < 1.29 is 23.1 Å². The number of rotatable bonds is 5. The van der Waals surface area contributed by atoms with Crippen LogP contribution in [0.25, 0.3) is 5.57 Å². The van der Waals surface area contributed by atoms with Crippen LogP contribution in [0.2, 0.25) is 0 Å². The minimum Gasteiger partial charge on any atom is -0.493 e. The van der Waals surface area contributed by atoms with E-state index in [0.29, 0.717) is 28.7 Å². The summed E-state index contributed by atoms with van der Waals surface area (Å²) >= 11 is 6.06. The highest BCUT2D eigenvalue weighted by Gasteiger charge is 2.40. The van der Waals surface area contributed by atoms with Crippen molar-refractivity contribution in [1.82, 2.24) is 0 Å². The van der Waals surface area contributed by atoms with E-state index in [0.717, 1.165) is 18.2 Å². The van der Waals surface area contributed by atoms with Crippen molar-refractivity contribution in [3.05, 3.63) is 64.7 Å². The lowest BCUT2D eigenvalue weighted by Crippen LogP contribution is -2.32. The fourth-order valence-electron chi connectivity index (χ4n) is 2.61. The molecule has 27 heavy (non-hydrogen) atoms. The molecule has 0 saturated heterocycles. The molecule has 0 aromatic heterocycles. The van der Waals surface area contributed by atoms with Gasteiger partial charge < -0.3 is 4.74 Å². The van der Waals surface area contributed by atoms with Gasteiger partial charge in [0.2, 0.25) is 0 Å². The van der Waals surface area contributed by atoms with E-state index in [1.165, 1.54) is 0 Å². The Morgan fingerprint density at radius 1 is 1.04 bits per heavy atom. The Morgan fingerprint density at radius 3 is 2.33 bits per heavy atom. The first-order chi connectivity index (χ1) is 12.8. The number of anilines is 1. The molecule has 0 unspecified atom stereocenters. The lowest BCUT2D eigenvalue weighted by Gasteiger charge is -2.15. The normalized spacial score (nSPS) is 14.5. The van der Waals surface area contributed by atoms with Gasteiger partial charge in [-0.15, -0.1) is 0 Å². The van der Waals surface area contributed by atoms with Gasteiger partial charge in [0.1, 0.15) is 22.4 Å². The second-order valence-corrected chi connectivity index (χ2v) is 6.84. The number of benzene rings is 2. The zero-order valence-corrected chi connectivity index (χ0v) is 15.4. The van der Waals surface area contributed by atoms with Gasteiger partial charge in [0, 0.05) is 6.07 Å². The fraction of sp³-hybridized carbons (Fsp3) is 0.200. The van der Waals surface area contributed by atoms with E-state index in [1.807, 2.05) is 13.8 Å². The predicted octanol–water partition coefficient (Wildman–Crippen LogP) is 4.52. The van der Waals surface area contributed by atoms with E-state index >= 15 is 0 Å². The molecule has 7 heteroatoms. The Bertz CT molecular complexity index is 939. The summed E-state index contributed by atoms with van der Waals surface area (Å²) in [5, 5.41) is -0.348. The second-order valence-electron chi connectivity index (χ2n) is 6.46. The molecule has 0 atom stereocenters. The first-order valence-electron chi connectivity index (χ1n) is 8.26. The lowest BCUT2D eigenvalue weighted by atomic mass is 10.1. The van der Waals surface area contributed by atoms with E-state index in [4.69, 9.17) is 16.3 Å². The van der Waals surface area contributed by atoms with E-state index in [1.54, 1.807) is 24.3 Å². The third-order valence-corrected chi connectivity index (χ3v) is 4.25. The molecule has 1 heterocycles. The molecule has 3 rings (SSSR count). The number of hydrogen-bond acceptors (Lipinski definition) is 3. The van der Waals surface area contributed by atoms with E-state index in [2.05, 4.69) is 0 Å². The predicted molar refractivity (Wildman–Crippen MR) is 98.4 cm³/mol. The van der Waals surface area contributed by atoms with Crippen LogP contribution >= 0.6 is 11.6 Å². The summed E-state index contributed by atoms with van der Waals surface area (Å²) in [6.45, 7) is 4.57. The van der Waals surface area contributed by atoms with Crippen LogP contribution in [-0.4, -0.2) is 18.4 Å². The van der Waals surface area contributed by atoms with Gasteiger partial charge in [-0.05, 0) is 35.7 Å². The highest BCUT2D eigenvalue weighted by Crippen LogP contribution is 2.36. The number of hydrogen-bond donors (Lipinski definition) is 0. The molecule has 0 aliphatic carbocycles. The molecule has 140 valence electrons. The largest absolute Gasteiger partial charge is 0.493 e. The van der Waals surface area contributed by atoms with Gasteiger partial charge in [-0.3, -0.25) is 9.59 Å². The summed E-state index contributed by atoms with van der Waals surface area (Å²) in [6, 6.07) is 9.00. The van der Waals surface area contributed by atoms with Gasteiger partial charge >= 0.3 is 0 Å². The van der Waals surface area contributed by atoms with Gasteiger partial charge in [0.25, 0.3) is 11.8 Å². The van der Waals surface area contributed by atoms with Crippen molar-refractivity contribution in [3.8, 4) is 5.75 Å². The van der Waals surface area contributed by atoms with Crippen LogP contribution in [0.15, 0.2) is 47.5 Å². The summed E-state index contributed by atoms with van der Waals surface area (Å²) in [5.74, 6) is -2.43. The second kappa shape index (κ2) is 7.48. The molecular formula is C20H16ClF2NO3. The van der Waals surface area contributed by atoms with Gasteiger partial charge in [0.15, 0.2) is 0 Å². The van der Waals surface area contributed by atoms with E-state index in [-0.39, 0.29) is 10.6 Å². The van der Waals surface area contributed by atoms with Crippen LogP contribution < -0.4 is 9.64 Å². The van der Waals surface area contributed by atoms with Crippen LogP contribution in [0.3, 0.4) is 0 Å². The number of carbonyl (C=O) groups excluding carboxylic acids is 2. The maximum absolute atomic E-state index is 14.0. The van der Waals surface area contributed by atoms with Crippen LogP contribution in [0, 0.1) is 17.6 Å². The highest BCUT2D eigenvalue weighted by atomic mass is 35.5. The Balaban J connectivity index is 1.91. The average molecular weight is 392 g/mol. The lowest BCUT2D eigenvalue weighted by molar-refractivity contribution is -0.119. The fourth-order valence-corrected chi connectivity index (χ4v) is 2.88. The third-order valence-electron chi connectivity index (χ3n) is 3.90. The van der Waals surface area contributed by atoms with E-state index in [9.17, 15) is 18.4 Å². The van der Waals surface area contributed by atoms with Crippen molar-refractivity contribution in [3.63, 3.8) is 0 Å². The van der Waals surface area contributed by atoms with Crippen LogP contribution in [0.1, 0.15) is 19.4 Å². The minimum atomic E-state index is -0.902. The molecule has 2 aromatic carbocycles. The van der Waals surface area contributed by atoms with Gasteiger partial charge in [0.05, 0.1) is 17.9 Å². The molecule has 1 aliphatic rings. The zero-order chi connectivity index (χ0) is 19.7. The summed E-state index contributed by atoms with van der Waals surface area (Å²) in [6.07, 6.45) is 0. The number of halogens is 3. The maximum atomic E-state index is 14.0. The summed E-state index contributed by atoms with van der Waals surface area (Å²) in [5.41, 5.74) is -0.162. The van der Waals surface area contributed by atoms with Crippen molar-refractivity contribution >= 4 is 34.7 Å². The molecule has 0 radical (unpaired) electrons. The van der Waals surface area contributed by atoms with Crippen molar-refractivity contribution in [1.29, 1.82) is 0 Å². The molecule has 0 bridgehead atoms. The van der Waals surface area contributed by atoms with Gasteiger partial charge in [-0.2, -0.15) is 0 Å². The smallest absolute Gasteiger partial charge is 0.277 e. The average Bonchev–Trinajstić information content (AvgIpc) is 2.85. The van der Waals surface area contributed by atoms with Gasteiger partial charge in [-0.25, -0.2) is 13.7 Å². The molecule has 0 fully saturated rings. The topological polar surface area (TPSA) is 46.6 Å². The molecule has 2 amide bonds. The molecule has 0 spiro atoms. The Labute approximate surface area is 160 Å². The monoisotopic (exact) mass is 391 g/mol. The molecule has 0 saturated carbocycles. The Morgan fingerprint density at radius 2 is 1.70 bits per heavy atom. The molecule has 0 N–H and O–H groups in total. The Kier molecular flexibility index (Phi) is 5.28. The highest BCUT2D eigenvalue weighted by molar-refractivity contribution is 6.60. The first-order valence-corrected chi connectivity index (χ1v) is 8.64. The van der Waals surface area contributed by atoms with Crippen LogP contribution in [0.5, 0.6) is 5.75 Å². The first kappa shape index (κ1) is 19.0. The Hall–Kier alpha value is -2.73. The molecular weight excluding hydrogens is 376 g/mol. The summed E-state index contributed by atoms with van der Waals surface area (Å²) in [7, 11) is 0. The SMILES string of the molecule is CC(C)COc1ccc(C2=C(Cl)C(=O)N(c3cc(F)ccc3F)C2=O)cc1. The van der Waals surface area contributed by atoms with Crippen LogP contribution in [-0.2, 0) is 9.59 Å². The quantitative estimate of drug-likeness (QED) is 0.704. The zero-order valence-electron chi connectivity index (χ0n) is 14.6. The number of amides is 2. The number of nitrogens with zero attached hydrogens (tertiary/aromatic N) is 1. The van der Waals surface area contributed by atoms with E-state index < -0.39 is 29.1 Å². The number of carbonyl (C=O) groups is 2. The minimum absolute atomic E-state index is 0.0688. The summed E-state index contributed by atoms with van der Waals surface area (Å²) < 4.78 is 33.1. The van der Waals surface area contributed by atoms with Crippen molar-refractivity contribution in [2.24, 2.45) is 5.92 Å².